The summed E-state index contributed by atoms with van der Waals surface area (Å²) in [6, 6.07) is 6.99. The molecule has 0 atom stereocenters. The lowest BCUT2D eigenvalue weighted by Crippen LogP contribution is -2.35. The maximum absolute atomic E-state index is 11.9. The van der Waals surface area contributed by atoms with Gasteiger partial charge in [0.05, 0.1) is 6.54 Å². The van der Waals surface area contributed by atoms with Crippen LogP contribution in [0.1, 0.15) is 36.5 Å². The minimum absolute atomic E-state index is 0.0117. The number of benzene rings is 1. The summed E-state index contributed by atoms with van der Waals surface area (Å²) in [5.74, 6) is 0.785. The van der Waals surface area contributed by atoms with Crippen molar-refractivity contribution in [2.24, 2.45) is 5.92 Å². The molecule has 1 amide bonds. The average Bonchev–Trinajstić information content (AvgIpc) is 2.34. The Morgan fingerprint density at radius 1 is 1.25 bits per heavy atom. The molecule has 1 N–H and O–H groups in total. The quantitative estimate of drug-likeness (QED) is 0.811. The van der Waals surface area contributed by atoms with E-state index in [-0.39, 0.29) is 11.7 Å². The van der Waals surface area contributed by atoms with Gasteiger partial charge in [0.2, 0.25) is 5.91 Å². The number of carbonyl (C=O) groups is 2. The first-order chi connectivity index (χ1) is 9.54. The predicted molar refractivity (Wildman–Crippen MR) is 79.9 cm³/mol. The van der Waals surface area contributed by atoms with E-state index in [1.807, 2.05) is 7.05 Å². The lowest BCUT2D eigenvalue weighted by atomic mass is 9.85. The number of nitrogens with one attached hydrogen (secondary N) is 1. The number of Topliss-reactive ketones (excluding diaryl/α,β-unsaturated/α-hetero) is 1. The zero-order valence-electron chi connectivity index (χ0n) is 12.2. The third kappa shape index (κ3) is 4.17. The fraction of sp³-hybridized carbons (Fsp3) is 0.500. The number of hydrogen-bond donors (Lipinski definition) is 1. The highest BCUT2D eigenvalue weighted by atomic mass is 16.2. The molecule has 0 aliphatic heterocycles. The molecule has 1 saturated carbocycles. The highest BCUT2D eigenvalue weighted by Gasteiger charge is 2.19. The number of amides is 1. The van der Waals surface area contributed by atoms with Crippen LogP contribution in [0, 0.1) is 5.92 Å². The molecule has 0 aromatic heterocycles. The Balaban J connectivity index is 1.79. The van der Waals surface area contributed by atoms with E-state index >= 15 is 0 Å². The largest absolute Gasteiger partial charge is 0.325 e. The molecule has 108 valence electrons. The van der Waals surface area contributed by atoms with Gasteiger partial charge in [-0.15, -0.1) is 0 Å². The Hall–Kier alpha value is -1.68. The zero-order valence-corrected chi connectivity index (χ0v) is 12.2. The minimum atomic E-state index is -0.0117. The monoisotopic (exact) mass is 274 g/mol. The second-order valence-electron chi connectivity index (χ2n) is 5.68. The Morgan fingerprint density at radius 2 is 1.90 bits per heavy atom. The van der Waals surface area contributed by atoms with Crippen molar-refractivity contribution in [3.63, 3.8) is 0 Å². The van der Waals surface area contributed by atoms with Crippen molar-refractivity contribution >= 4 is 17.4 Å². The summed E-state index contributed by atoms with van der Waals surface area (Å²) in [6.07, 6.45) is 3.91. The molecule has 0 unspecified atom stereocenters. The number of hydrogen-bond acceptors (Lipinski definition) is 3. The molecule has 2 rings (SSSR count). The fourth-order valence-electron chi connectivity index (χ4n) is 2.41. The van der Waals surface area contributed by atoms with Crippen LogP contribution in [-0.4, -0.2) is 36.7 Å². The highest BCUT2D eigenvalue weighted by molar-refractivity contribution is 5.96. The summed E-state index contributed by atoms with van der Waals surface area (Å²) < 4.78 is 0. The molecule has 0 bridgehead atoms. The second-order valence-corrected chi connectivity index (χ2v) is 5.68. The van der Waals surface area contributed by atoms with Gasteiger partial charge in [-0.2, -0.15) is 0 Å². The van der Waals surface area contributed by atoms with Crippen LogP contribution in [0.25, 0.3) is 0 Å². The van der Waals surface area contributed by atoms with Gasteiger partial charge in [-0.05, 0) is 57.0 Å². The van der Waals surface area contributed by atoms with Crippen LogP contribution in [0.2, 0.25) is 0 Å². The van der Waals surface area contributed by atoms with E-state index in [1.54, 1.807) is 24.3 Å². The van der Waals surface area contributed by atoms with Gasteiger partial charge in [-0.1, -0.05) is 6.42 Å². The maximum atomic E-state index is 11.9. The molecule has 1 fully saturated rings. The molecule has 1 aromatic rings. The van der Waals surface area contributed by atoms with Crippen LogP contribution in [-0.2, 0) is 4.79 Å². The Labute approximate surface area is 120 Å². The summed E-state index contributed by atoms with van der Waals surface area (Å²) in [4.78, 5) is 25.1. The van der Waals surface area contributed by atoms with E-state index in [4.69, 9.17) is 0 Å². The van der Waals surface area contributed by atoms with Gasteiger partial charge in [0.1, 0.15) is 0 Å². The van der Waals surface area contributed by atoms with Crippen molar-refractivity contribution in [3.8, 4) is 0 Å². The minimum Gasteiger partial charge on any atom is -0.325 e. The summed E-state index contributed by atoms with van der Waals surface area (Å²) in [7, 11) is 1.98. The summed E-state index contributed by atoms with van der Waals surface area (Å²) in [5, 5.41) is 2.86. The van der Waals surface area contributed by atoms with E-state index < -0.39 is 0 Å². The van der Waals surface area contributed by atoms with E-state index in [2.05, 4.69) is 10.2 Å². The fourth-order valence-corrected chi connectivity index (χ4v) is 2.41. The zero-order chi connectivity index (χ0) is 14.5. The van der Waals surface area contributed by atoms with Crippen molar-refractivity contribution in [2.75, 3.05) is 25.5 Å². The lowest BCUT2D eigenvalue weighted by Gasteiger charge is -2.29. The normalized spacial score (nSPS) is 14.9. The smallest absolute Gasteiger partial charge is 0.238 e. The SMILES string of the molecule is CC(=O)c1ccc(NC(=O)CN(C)CC2CCC2)cc1. The van der Waals surface area contributed by atoms with Crippen LogP contribution in [0.5, 0.6) is 0 Å². The molecule has 0 saturated heterocycles. The second kappa shape index (κ2) is 6.66. The van der Waals surface area contributed by atoms with Crippen LogP contribution < -0.4 is 5.32 Å². The van der Waals surface area contributed by atoms with Crippen molar-refractivity contribution < 1.29 is 9.59 Å². The van der Waals surface area contributed by atoms with Gasteiger partial charge in [0.25, 0.3) is 0 Å². The van der Waals surface area contributed by atoms with Gasteiger partial charge < -0.3 is 5.32 Å². The molecule has 1 aliphatic carbocycles. The van der Waals surface area contributed by atoms with Crippen LogP contribution >= 0.6 is 0 Å². The van der Waals surface area contributed by atoms with Crippen molar-refractivity contribution in [1.82, 2.24) is 4.90 Å². The Bertz CT molecular complexity index is 478. The molecule has 0 heterocycles. The maximum Gasteiger partial charge on any atom is 0.238 e. The number of carbonyl (C=O) groups excluding carboxylic acids is 2. The summed E-state index contributed by atoms with van der Waals surface area (Å²) in [5.41, 5.74) is 1.39. The summed E-state index contributed by atoms with van der Waals surface area (Å²) >= 11 is 0. The van der Waals surface area contributed by atoms with E-state index in [9.17, 15) is 9.59 Å². The van der Waals surface area contributed by atoms with Crippen molar-refractivity contribution in [3.05, 3.63) is 29.8 Å². The molecule has 20 heavy (non-hydrogen) atoms. The third-order valence-corrected chi connectivity index (χ3v) is 3.78. The van der Waals surface area contributed by atoms with Gasteiger partial charge in [-0.25, -0.2) is 0 Å². The average molecular weight is 274 g/mol. The van der Waals surface area contributed by atoms with E-state index in [0.29, 0.717) is 12.1 Å². The first-order valence-electron chi connectivity index (χ1n) is 7.14. The van der Waals surface area contributed by atoms with E-state index in [0.717, 1.165) is 18.2 Å². The molecule has 1 aliphatic rings. The summed E-state index contributed by atoms with van der Waals surface area (Å²) in [6.45, 7) is 2.94. The van der Waals surface area contributed by atoms with Crippen molar-refractivity contribution in [1.29, 1.82) is 0 Å². The van der Waals surface area contributed by atoms with Gasteiger partial charge >= 0.3 is 0 Å². The first-order valence-corrected chi connectivity index (χ1v) is 7.14. The Morgan fingerprint density at radius 3 is 2.40 bits per heavy atom. The molecule has 4 nitrogen and oxygen atoms in total. The molecular formula is C16H22N2O2. The van der Waals surface area contributed by atoms with Gasteiger partial charge in [0.15, 0.2) is 5.78 Å². The van der Waals surface area contributed by atoms with Crippen LogP contribution in [0.3, 0.4) is 0 Å². The van der Waals surface area contributed by atoms with Crippen LogP contribution in [0.15, 0.2) is 24.3 Å². The Kier molecular flexibility index (Phi) is 4.90. The molecule has 4 heteroatoms. The topological polar surface area (TPSA) is 49.4 Å². The third-order valence-electron chi connectivity index (χ3n) is 3.78. The van der Waals surface area contributed by atoms with Gasteiger partial charge in [-0.3, -0.25) is 14.5 Å². The van der Waals surface area contributed by atoms with Crippen LogP contribution in [0.4, 0.5) is 5.69 Å². The first kappa shape index (κ1) is 14.7. The molecule has 0 spiro atoms. The number of rotatable bonds is 6. The van der Waals surface area contributed by atoms with Gasteiger partial charge in [0, 0.05) is 17.8 Å². The van der Waals surface area contributed by atoms with E-state index in [1.165, 1.54) is 26.2 Å². The molecular weight excluding hydrogens is 252 g/mol. The van der Waals surface area contributed by atoms with Crippen molar-refractivity contribution in [2.45, 2.75) is 26.2 Å². The standard InChI is InChI=1S/C16H22N2O2/c1-12(19)14-6-8-15(9-7-14)17-16(20)11-18(2)10-13-4-3-5-13/h6-9,13H,3-5,10-11H2,1-2H3,(H,17,20). The lowest BCUT2D eigenvalue weighted by molar-refractivity contribution is -0.117. The number of likely N-dealkylation sites (N-methyl/N-ethyl adjacent to an activating group) is 1. The molecule has 0 radical (unpaired) electrons. The number of nitrogens with zero attached hydrogens (tertiary/aromatic N) is 1. The predicted octanol–water partition coefficient (Wildman–Crippen LogP) is 2.56. The molecule has 1 aromatic carbocycles. The highest BCUT2D eigenvalue weighted by Crippen LogP contribution is 2.26. The number of anilines is 1. The number of ketones is 1.